The molecule has 0 spiro atoms. The van der Waals surface area contributed by atoms with Crippen molar-refractivity contribution >= 4 is 18.3 Å². The van der Waals surface area contributed by atoms with E-state index in [0.29, 0.717) is 13.1 Å². The van der Waals surface area contributed by atoms with Crippen LogP contribution in [0.25, 0.3) is 0 Å². The van der Waals surface area contributed by atoms with E-state index in [4.69, 9.17) is 10.0 Å². The lowest BCUT2D eigenvalue weighted by molar-refractivity contribution is 0.425. The summed E-state index contributed by atoms with van der Waals surface area (Å²) in [5.41, 5.74) is 0.0846. The van der Waals surface area contributed by atoms with Gasteiger partial charge in [0.2, 0.25) is 0 Å². The van der Waals surface area contributed by atoms with Crippen molar-refractivity contribution in [1.29, 1.82) is 0 Å². The van der Waals surface area contributed by atoms with Gasteiger partial charge in [0.1, 0.15) is 0 Å². The molecule has 0 radical (unpaired) electrons. The third-order valence-corrected chi connectivity index (χ3v) is 2.78. The van der Waals surface area contributed by atoms with Crippen LogP contribution in [0.1, 0.15) is 12.8 Å². The predicted octanol–water partition coefficient (Wildman–Crippen LogP) is 0.245. The van der Waals surface area contributed by atoms with Crippen molar-refractivity contribution < 1.29 is 18.8 Å². The highest BCUT2D eigenvalue weighted by Crippen LogP contribution is 2.24. The van der Waals surface area contributed by atoms with Crippen LogP contribution >= 0.6 is 0 Å². The van der Waals surface area contributed by atoms with Crippen LogP contribution in [-0.4, -0.2) is 30.3 Å². The van der Waals surface area contributed by atoms with E-state index in [-0.39, 0.29) is 11.2 Å². The molecule has 1 aromatic rings. The molecule has 2 rings (SSSR count). The number of rotatable bonds is 2. The molecule has 0 bridgehead atoms. The number of nitrogens with zero attached hydrogens (tertiary/aromatic N) is 1. The highest BCUT2D eigenvalue weighted by atomic mass is 19.2. The van der Waals surface area contributed by atoms with Crippen LogP contribution in [0.4, 0.5) is 14.5 Å². The first kappa shape index (κ1) is 11.4. The minimum atomic E-state index is -1.78. The Hall–Kier alpha value is -1.14. The van der Waals surface area contributed by atoms with Crippen molar-refractivity contribution in [2.45, 2.75) is 12.8 Å². The Labute approximate surface area is 92.5 Å². The standard InChI is InChI=1S/C10H12BF2NO2/c12-8-5-7(11(15)16)6-9(10(8)13)14-3-1-2-4-14/h5-6,15-16H,1-4H2. The molecule has 6 heteroatoms. The van der Waals surface area contributed by atoms with E-state index in [9.17, 15) is 8.78 Å². The molecular weight excluding hydrogens is 215 g/mol. The number of hydrogen-bond acceptors (Lipinski definition) is 3. The summed E-state index contributed by atoms with van der Waals surface area (Å²) in [6, 6.07) is 2.09. The second-order valence-electron chi connectivity index (χ2n) is 3.90. The lowest BCUT2D eigenvalue weighted by atomic mass is 9.80. The zero-order valence-electron chi connectivity index (χ0n) is 8.66. The van der Waals surface area contributed by atoms with Gasteiger partial charge in [-0.2, -0.15) is 0 Å². The molecule has 0 saturated carbocycles. The van der Waals surface area contributed by atoms with E-state index in [0.717, 1.165) is 18.9 Å². The van der Waals surface area contributed by atoms with Crippen LogP contribution in [0.2, 0.25) is 0 Å². The Balaban J connectivity index is 2.41. The van der Waals surface area contributed by atoms with Crippen molar-refractivity contribution in [1.82, 2.24) is 0 Å². The fraction of sp³-hybridized carbons (Fsp3) is 0.400. The first-order chi connectivity index (χ1) is 7.59. The van der Waals surface area contributed by atoms with Crippen LogP contribution in [0.3, 0.4) is 0 Å². The summed E-state index contributed by atoms with van der Waals surface area (Å²) in [5.74, 6) is -1.97. The van der Waals surface area contributed by atoms with E-state index >= 15 is 0 Å². The van der Waals surface area contributed by atoms with Crippen molar-refractivity contribution in [2.24, 2.45) is 0 Å². The van der Waals surface area contributed by atoms with Gasteiger partial charge in [-0.25, -0.2) is 8.78 Å². The van der Waals surface area contributed by atoms with Crippen LogP contribution < -0.4 is 10.4 Å². The van der Waals surface area contributed by atoms with Gasteiger partial charge >= 0.3 is 7.12 Å². The lowest BCUT2D eigenvalue weighted by Gasteiger charge is -2.19. The quantitative estimate of drug-likeness (QED) is 0.711. The topological polar surface area (TPSA) is 43.7 Å². The first-order valence-electron chi connectivity index (χ1n) is 5.19. The average molecular weight is 227 g/mol. The molecule has 1 fully saturated rings. The van der Waals surface area contributed by atoms with Crippen molar-refractivity contribution in [3.8, 4) is 0 Å². The van der Waals surface area contributed by atoms with Gasteiger partial charge in [-0.15, -0.1) is 0 Å². The van der Waals surface area contributed by atoms with E-state index in [2.05, 4.69) is 0 Å². The van der Waals surface area contributed by atoms with Crippen molar-refractivity contribution in [3.05, 3.63) is 23.8 Å². The normalized spacial score (nSPS) is 15.6. The molecule has 0 atom stereocenters. The highest BCUT2D eigenvalue weighted by molar-refractivity contribution is 6.58. The Bertz CT molecular complexity index is 395. The van der Waals surface area contributed by atoms with E-state index in [1.165, 1.54) is 6.07 Å². The Kier molecular flexibility index (Phi) is 3.11. The SMILES string of the molecule is OB(O)c1cc(F)c(F)c(N2CCCC2)c1. The number of benzene rings is 1. The van der Waals surface area contributed by atoms with Crippen LogP contribution in [0.5, 0.6) is 0 Å². The van der Waals surface area contributed by atoms with E-state index in [1.54, 1.807) is 4.90 Å². The fourth-order valence-electron chi connectivity index (χ4n) is 1.93. The van der Waals surface area contributed by atoms with Crippen molar-refractivity contribution in [2.75, 3.05) is 18.0 Å². The molecule has 1 aliphatic heterocycles. The number of halogens is 2. The number of hydrogen-bond donors (Lipinski definition) is 2. The van der Waals surface area contributed by atoms with Gasteiger partial charge in [0.05, 0.1) is 5.69 Å². The maximum Gasteiger partial charge on any atom is 0.488 e. The summed E-state index contributed by atoms with van der Waals surface area (Å²) in [6.45, 7) is 1.34. The summed E-state index contributed by atoms with van der Waals surface area (Å²) in [4.78, 5) is 1.71. The third kappa shape index (κ3) is 2.03. The third-order valence-electron chi connectivity index (χ3n) is 2.78. The molecule has 1 aliphatic rings. The molecule has 1 heterocycles. The zero-order chi connectivity index (χ0) is 11.7. The molecular formula is C10H12BF2NO2. The molecule has 16 heavy (non-hydrogen) atoms. The molecule has 1 saturated heterocycles. The zero-order valence-corrected chi connectivity index (χ0v) is 8.66. The molecule has 0 aliphatic carbocycles. The van der Waals surface area contributed by atoms with Gasteiger partial charge in [-0.3, -0.25) is 0 Å². The average Bonchev–Trinajstić information content (AvgIpc) is 2.74. The summed E-state index contributed by atoms with van der Waals surface area (Å²) in [7, 11) is -1.78. The molecule has 1 aromatic carbocycles. The van der Waals surface area contributed by atoms with E-state index < -0.39 is 18.8 Å². The lowest BCUT2D eigenvalue weighted by Crippen LogP contribution is -2.32. The molecule has 0 unspecified atom stereocenters. The molecule has 86 valence electrons. The first-order valence-corrected chi connectivity index (χ1v) is 5.19. The minimum absolute atomic E-state index is 0.0270. The molecule has 2 N–H and O–H groups in total. The molecule has 0 aromatic heterocycles. The van der Waals surface area contributed by atoms with Gasteiger partial charge in [0.25, 0.3) is 0 Å². The second kappa shape index (κ2) is 4.39. The smallest absolute Gasteiger partial charge is 0.423 e. The highest BCUT2D eigenvalue weighted by Gasteiger charge is 2.22. The largest absolute Gasteiger partial charge is 0.488 e. The van der Waals surface area contributed by atoms with Crippen LogP contribution in [0, 0.1) is 11.6 Å². The molecule has 0 amide bonds. The maximum atomic E-state index is 13.5. The van der Waals surface area contributed by atoms with Gasteiger partial charge < -0.3 is 14.9 Å². The van der Waals surface area contributed by atoms with Crippen LogP contribution in [-0.2, 0) is 0 Å². The monoisotopic (exact) mass is 227 g/mol. The van der Waals surface area contributed by atoms with Gasteiger partial charge in [-0.1, -0.05) is 0 Å². The van der Waals surface area contributed by atoms with Gasteiger partial charge in [0.15, 0.2) is 11.6 Å². The summed E-state index contributed by atoms with van der Waals surface area (Å²) in [5, 5.41) is 17.9. The number of anilines is 1. The second-order valence-corrected chi connectivity index (χ2v) is 3.90. The summed E-state index contributed by atoms with van der Waals surface area (Å²) in [6.07, 6.45) is 1.87. The minimum Gasteiger partial charge on any atom is -0.423 e. The van der Waals surface area contributed by atoms with Gasteiger partial charge in [0, 0.05) is 13.1 Å². The summed E-state index contributed by atoms with van der Waals surface area (Å²) < 4.78 is 26.7. The van der Waals surface area contributed by atoms with Crippen LogP contribution in [0.15, 0.2) is 12.1 Å². The van der Waals surface area contributed by atoms with Crippen molar-refractivity contribution in [3.63, 3.8) is 0 Å². The Morgan fingerprint density at radius 1 is 1.12 bits per heavy atom. The Morgan fingerprint density at radius 3 is 2.31 bits per heavy atom. The summed E-state index contributed by atoms with van der Waals surface area (Å²) >= 11 is 0. The maximum absolute atomic E-state index is 13.5. The fourth-order valence-corrected chi connectivity index (χ4v) is 1.93. The van der Waals surface area contributed by atoms with Gasteiger partial charge in [-0.05, 0) is 30.4 Å². The van der Waals surface area contributed by atoms with E-state index in [1.807, 2.05) is 0 Å². The predicted molar refractivity (Wildman–Crippen MR) is 57.6 cm³/mol. The molecule has 3 nitrogen and oxygen atoms in total. The Morgan fingerprint density at radius 2 is 1.75 bits per heavy atom.